The lowest BCUT2D eigenvalue weighted by Crippen LogP contribution is -2.16. The van der Waals surface area contributed by atoms with Gasteiger partial charge in [-0.3, -0.25) is 4.79 Å². The summed E-state index contributed by atoms with van der Waals surface area (Å²) in [5.74, 6) is -0.247. The molecule has 1 N–H and O–H groups in total. The third-order valence-electron chi connectivity index (χ3n) is 2.17. The molecule has 0 saturated carbocycles. The van der Waals surface area contributed by atoms with Crippen LogP contribution in [0.5, 0.6) is 0 Å². The third-order valence-corrected chi connectivity index (χ3v) is 2.17. The van der Waals surface area contributed by atoms with Crippen molar-refractivity contribution in [2.75, 3.05) is 0 Å². The highest BCUT2D eigenvalue weighted by molar-refractivity contribution is 5.51. The van der Waals surface area contributed by atoms with Gasteiger partial charge in [-0.2, -0.15) is 9.37 Å². The average molecular weight is 207 g/mol. The number of pyridine rings is 1. The summed E-state index contributed by atoms with van der Waals surface area (Å²) in [6, 6.07) is 1.58. The van der Waals surface area contributed by atoms with Crippen molar-refractivity contribution in [2.24, 2.45) is 0 Å². The number of nitrogens with one attached hydrogen (secondary N) is 1. The number of hydrogen-bond donors (Lipinski definition) is 1. The molecular formula is C10H10FN3O. The molecule has 0 atom stereocenters. The summed E-state index contributed by atoms with van der Waals surface area (Å²) in [6.07, 6.45) is 1.07. The Bertz CT molecular complexity index is 521. The lowest BCUT2D eigenvalue weighted by Gasteiger charge is -2.07. The highest BCUT2D eigenvalue weighted by atomic mass is 19.1. The van der Waals surface area contributed by atoms with Crippen LogP contribution in [0.3, 0.4) is 0 Å². The van der Waals surface area contributed by atoms with Gasteiger partial charge in [-0.1, -0.05) is 13.8 Å². The number of halogens is 1. The molecule has 0 fully saturated rings. The molecule has 78 valence electrons. The van der Waals surface area contributed by atoms with Crippen LogP contribution in [-0.4, -0.2) is 15.0 Å². The average Bonchev–Trinajstić information content (AvgIpc) is 2.17. The summed E-state index contributed by atoms with van der Waals surface area (Å²) >= 11 is 0. The van der Waals surface area contributed by atoms with E-state index in [1.807, 2.05) is 13.8 Å². The Labute approximate surface area is 85.5 Å². The molecule has 0 saturated heterocycles. The van der Waals surface area contributed by atoms with E-state index >= 15 is 0 Å². The highest BCUT2D eigenvalue weighted by Gasteiger charge is 2.13. The molecule has 2 heterocycles. The number of aromatic nitrogens is 3. The molecule has 4 nitrogen and oxygen atoms in total. The monoisotopic (exact) mass is 207 g/mol. The fourth-order valence-electron chi connectivity index (χ4n) is 1.38. The van der Waals surface area contributed by atoms with Gasteiger partial charge in [0.25, 0.3) is 5.56 Å². The van der Waals surface area contributed by atoms with Gasteiger partial charge in [0, 0.05) is 5.56 Å². The predicted molar refractivity (Wildman–Crippen MR) is 53.3 cm³/mol. The second-order valence-corrected chi connectivity index (χ2v) is 3.63. The number of rotatable bonds is 1. The van der Waals surface area contributed by atoms with E-state index in [1.54, 1.807) is 6.07 Å². The highest BCUT2D eigenvalue weighted by Crippen LogP contribution is 2.17. The van der Waals surface area contributed by atoms with Crippen LogP contribution in [0.25, 0.3) is 11.5 Å². The van der Waals surface area contributed by atoms with Crippen LogP contribution in [0.15, 0.2) is 17.1 Å². The quantitative estimate of drug-likeness (QED) is 0.771. The van der Waals surface area contributed by atoms with E-state index in [9.17, 15) is 9.18 Å². The fourth-order valence-corrected chi connectivity index (χ4v) is 1.38. The normalized spacial score (nSPS) is 11.2. The molecule has 0 spiro atoms. The van der Waals surface area contributed by atoms with E-state index in [0.717, 1.165) is 6.20 Å². The van der Waals surface area contributed by atoms with Crippen molar-refractivity contribution in [3.05, 3.63) is 34.1 Å². The van der Waals surface area contributed by atoms with Gasteiger partial charge in [-0.15, -0.1) is 0 Å². The van der Waals surface area contributed by atoms with Gasteiger partial charge >= 0.3 is 0 Å². The first-order chi connectivity index (χ1) is 7.08. The number of fused-ring (bicyclic) bond motifs is 1. The molecule has 0 aromatic heterocycles. The zero-order valence-corrected chi connectivity index (χ0v) is 8.41. The summed E-state index contributed by atoms with van der Waals surface area (Å²) in [6.45, 7) is 3.76. The molecule has 0 aromatic carbocycles. The van der Waals surface area contributed by atoms with Crippen molar-refractivity contribution in [1.82, 2.24) is 15.0 Å². The van der Waals surface area contributed by atoms with Crippen molar-refractivity contribution in [1.29, 1.82) is 0 Å². The minimum absolute atomic E-state index is 0.0551. The molecule has 2 aliphatic heterocycles. The van der Waals surface area contributed by atoms with Gasteiger partial charge < -0.3 is 4.98 Å². The minimum Gasteiger partial charge on any atom is -0.341 e. The number of nitrogens with zero attached hydrogens (tertiary/aromatic N) is 2. The van der Waals surface area contributed by atoms with Gasteiger partial charge in [0.05, 0.1) is 6.20 Å². The van der Waals surface area contributed by atoms with Gasteiger partial charge in [0.15, 0.2) is 5.82 Å². The first kappa shape index (κ1) is 9.76. The predicted octanol–water partition coefficient (Wildman–Crippen LogP) is 1.53. The van der Waals surface area contributed by atoms with Crippen molar-refractivity contribution in [3.8, 4) is 11.5 Å². The van der Waals surface area contributed by atoms with Gasteiger partial charge in [-0.25, -0.2) is 4.98 Å². The number of hydrogen-bond acceptors (Lipinski definition) is 3. The van der Waals surface area contributed by atoms with Crippen molar-refractivity contribution < 1.29 is 4.39 Å². The summed E-state index contributed by atoms with van der Waals surface area (Å²) < 4.78 is 12.8. The van der Waals surface area contributed by atoms with Crippen LogP contribution in [0.2, 0.25) is 0 Å². The molecule has 0 unspecified atom stereocenters. The zero-order chi connectivity index (χ0) is 11.0. The van der Waals surface area contributed by atoms with E-state index < -0.39 is 5.95 Å². The summed E-state index contributed by atoms with van der Waals surface area (Å²) in [4.78, 5) is 21.5. The minimum atomic E-state index is -0.613. The number of aromatic amines is 1. The van der Waals surface area contributed by atoms with Gasteiger partial charge in [0.2, 0.25) is 5.95 Å². The van der Waals surface area contributed by atoms with Crippen molar-refractivity contribution >= 4 is 0 Å². The van der Waals surface area contributed by atoms with Crippen molar-refractivity contribution in [3.63, 3.8) is 0 Å². The van der Waals surface area contributed by atoms with E-state index in [-0.39, 0.29) is 11.5 Å². The van der Waals surface area contributed by atoms with E-state index in [4.69, 9.17) is 0 Å². The molecule has 0 aliphatic carbocycles. The van der Waals surface area contributed by atoms with Crippen LogP contribution in [-0.2, 0) is 0 Å². The topological polar surface area (TPSA) is 58.6 Å². The summed E-state index contributed by atoms with van der Waals surface area (Å²) in [5.41, 5.74) is 0.634. The third kappa shape index (κ3) is 1.72. The molecule has 0 bridgehead atoms. The molecule has 2 aliphatic rings. The molecule has 0 radical (unpaired) electrons. The Kier molecular flexibility index (Phi) is 2.22. The largest absolute Gasteiger partial charge is 0.341 e. The van der Waals surface area contributed by atoms with Crippen LogP contribution in [0, 0.1) is 5.95 Å². The molecule has 0 amide bonds. The maximum absolute atomic E-state index is 12.8. The lowest BCUT2D eigenvalue weighted by molar-refractivity contribution is 0.576. The second kappa shape index (κ2) is 3.42. The van der Waals surface area contributed by atoms with E-state index in [0.29, 0.717) is 17.1 Å². The number of H-pyrrole nitrogens is 1. The van der Waals surface area contributed by atoms with Gasteiger partial charge in [0.1, 0.15) is 5.69 Å². The standard InChI is InChI=1S/C10H10FN3O/c1-5(2)6-3-7-9(14-10(6)15)12-4-8(11)13-7/h3-5H,1-2H3,(H,12,14,15). The smallest absolute Gasteiger partial charge is 0.275 e. The van der Waals surface area contributed by atoms with E-state index in [1.165, 1.54) is 0 Å². The first-order valence-electron chi connectivity index (χ1n) is 4.64. The van der Waals surface area contributed by atoms with Crippen LogP contribution in [0.4, 0.5) is 4.39 Å². The molecule has 0 aromatic rings. The lowest BCUT2D eigenvalue weighted by atomic mass is 10.0. The van der Waals surface area contributed by atoms with Crippen LogP contribution in [0.1, 0.15) is 25.3 Å². The summed E-state index contributed by atoms with van der Waals surface area (Å²) in [7, 11) is 0. The van der Waals surface area contributed by atoms with Gasteiger partial charge in [-0.05, 0) is 12.0 Å². The van der Waals surface area contributed by atoms with Crippen LogP contribution < -0.4 is 5.56 Å². The van der Waals surface area contributed by atoms with Crippen molar-refractivity contribution in [2.45, 2.75) is 19.8 Å². The maximum Gasteiger partial charge on any atom is 0.275 e. The Hall–Kier alpha value is -1.78. The molecular weight excluding hydrogens is 197 g/mol. The Morgan fingerprint density at radius 1 is 1.40 bits per heavy atom. The van der Waals surface area contributed by atoms with Crippen LogP contribution >= 0.6 is 0 Å². The second-order valence-electron chi connectivity index (χ2n) is 3.63. The Morgan fingerprint density at radius 3 is 2.80 bits per heavy atom. The molecule has 5 heteroatoms. The fraction of sp³-hybridized carbons (Fsp3) is 0.300. The Morgan fingerprint density at radius 2 is 2.13 bits per heavy atom. The first-order valence-corrected chi connectivity index (χ1v) is 4.64. The van der Waals surface area contributed by atoms with E-state index in [2.05, 4.69) is 15.0 Å². The molecule has 15 heavy (non-hydrogen) atoms. The summed E-state index contributed by atoms with van der Waals surface area (Å²) in [5, 5.41) is 0. The zero-order valence-electron chi connectivity index (χ0n) is 8.41. The Balaban J connectivity index is 2.74. The maximum atomic E-state index is 12.8. The molecule has 2 rings (SSSR count). The SMILES string of the molecule is CC(C)c1cc2nc(F)c[nH]c-2nc1=O.